The molecule has 0 aliphatic carbocycles. The molecule has 8 heteroatoms. The summed E-state index contributed by atoms with van der Waals surface area (Å²) in [6, 6.07) is 8.44. The summed E-state index contributed by atoms with van der Waals surface area (Å²) in [5, 5.41) is 11.7. The normalized spacial score (nSPS) is 13.5. The number of aromatic carboxylic acids is 1. The molecule has 0 unspecified atom stereocenters. The highest BCUT2D eigenvalue weighted by molar-refractivity contribution is 5.92. The monoisotopic (exact) mass is 350 g/mol. The minimum atomic E-state index is -4.44. The number of carbonyl (C=O) groups is 2. The van der Waals surface area contributed by atoms with Crippen molar-refractivity contribution in [1.82, 2.24) is 4.90 Å². The van der Waals surface area contributed by atoms with Crippen LogP contribution in [0.5, 0.6) is 0 Å². The third-order valence-corrected chi connectivity index (χ3v) is 3.96. The Morgan fingerprint density at radius 1 is 1.04 bits per heavy atom. The predicted molar refractivity (Wildman–Crippen MR) is 83.1 cm³/mol. The summed E-state index contributed by atoms with van der Waals surface area (Å²) >= 11 is 0. The first-order valence-corrected chi connectivity index (χ1v) is 7.33. The van der Waals surface area contributed by atoms with Gasteiger partial charge in [0.2, 0.25) is 0 Å². The zero-order valence-electron chi connectivity index (χ0n) is 12.8. The zero-order valence-corrected chi connectivity index (χ0v) is 12.8. The van der Waals surface area contributed by atoms with Gasteiger partial charge in [0.05, 0.1) is 11.1 Å². The first kappa shape index (κ1) is 16.8. The number of rotatable bonds is 2. The van der Waals surface area contributed by atoms with Crippen molar-refractivity contribution in [1.29, 1.82) is 0 Å². The number of alkyl halides is 3. The highest BCUT2D eigenvalue weighted by Crippen LogP contribution is 2.30. The van der Waals surface area contributed by atoms with E-state index >= 15 is 0 Å². The molecule has 130 valence electrons. The van der Waals surface area contributed by atoms with Crippen molar-refractivity contribution in [3.63, 3.8) is 0 Å². The van der Waals surface area contributed by atoms with E-state index in [1.54, 1.807) is 12.1 Å². The molecular formula is C17H13F3N2O3. The highest BCUT2D eigenvalue weighted by Gasteiger charge is 2.30. The molecule has 0 fully saturated rings. The van der Waals surface area contributed by atoms with Crippen LogP contribution in [0.25, 0.3) is 0 Å². The number of fused-ring (bicyclic) bond motifs is 1. The number of urea groups is 1. The number of carboxylic acids is 1. The summed E-state index contributed by atoms with van der Waals surface area (Å²) in [7, 11) is 0. The van der Waals surface area contributed by atoms with Crippen molar-refractivity contribution in [3.05, 3.63) is 64.7 Å². The number of carboxylic acid groups (broad SMARTS) is 1. The molecule has 0 atom stereocenters. The van der Waals surface area contributed by atoms with E-state index in [4.69, 9.17) is 0 Å². The maximum absolute atomic E-state index is 12.5. The predicted octanol–water partition coefficient (Wildman–Crippen LogP) is 3.95. The van der Waals surface area contributed by atoms with Gasteiger partial charge in [0, 0.05) is 18.8 Å². The molecule has 2 aromatic rings. The number of hydrogen-bond donors (Lipinski definition) is 2. The van der Waals surface area contributed by atoms with Crippen LogP contribution >= 0.6 is 0 Å². The summed E-state index contributed by atoms with van der Waals surface area (Å²) in [6.07, 6.45) is -4.44. The third kappa shape index (κ3) is 3.42. The molecule has 0 saturated heterocycles. The highest BCUT2D eigenvalue weighted by atomic mass is 19.4. The van der Waals surface area contributed by atoms with Gasteiger partial charge < -0.3 is 15.3 Å². The Morgan fingerprint density at radius 3 is 2.32 bits per heavy atom. The third-order valence-electron chi connectivity index (χ3n) is 3.96. The molecule has 1 aliphatic rings. The van der Waals surface area contributed by atoms with Crippen LogP contribution in [0, 0.1) is 0 Å². The number of anilines is 1. The van der Waals surface area contributed by atoms with Gasteiger partial charge >= 0.3 is 18.2 Å². The lowest BCUT2D eigenvalue weighted by molar-refractivity contribution is -0.137. The Bertz CT molecular complexity index is 832. The summed E-state index contributed by atoms with van der Waals surface area (Å²) in [5.41, 5.74) is 0.875. The van der Waals surface area contributed by atoms with Gasteiger partial charge in [-0.05, 0) is 41.5 Å². The Balaban J connectivity index is 1.71. The van der Waals surface area contributed by atoms with E-state index in [1.165, 1.54) is 23.1 Å². The first-order chi connectivity index (χ1) is 11.8. The Labute approximate surface area is 140 Å². The smallest absolute Gasteiger partial charge is 0.416 e. The van der Waals surface area contributed by atoms with Gasteiger partial charge in [-0.15, -0.1) is 0 Å². The fraction of sp³-hybridized carbons (Fsp3) is 0.176. The van der Waals surface area contributed by atoms with Crippen LogP contribution in [0.2, 0.25) is 0 Å². The molecule has 0 aromatic heterocycles. The minimum Gasteiger partial charge on any atom is -0.478 e. The second kappa shape index (κ2) is 6.12. The first-order valence-electron chi connectivity index (χ1n) is 7.33. The SMILES string of the molecule is O=C(O)c1cccc2c1CN(C(=O)Nc1ccc(C(F)(F)F)cc1)C2. The van der Waals surface area contributed by atoms with Crippen LogP contribution in [-0.4, -0.2) is 22.0 Å². The fourth-order valence-corrected chi connectivity index (χ4v) is 2.71. The van der Waals surface area contributed by atoms with Crippen LogP contribution in [0.15, 0.2) is 42.5 Å². The van der Waals surface area contributed by atoms with Crippen molar-refractivity contribution in [2.45, 2.75) is 19.3 Å². The van der Waals surface area contributed by atoms with Crippen molar-refractivity contribution in [3.8, 4) is 0 Å². The minimum absolute atomic E-state index is 0.129. The molecule has 5 nitrogen and oxygen atoms in total. The molecule has 3 rings (SSSR count). The lowest BCUT2D eigenvalue weighted by atomic mass is 10.0. The van der Waals surface area contributed by atoms with Crippen molar-refractivity contribution >= 4 is 17.7 Å². The molecule has 2 N–H and O–H groups in total. The summed E-state index contributed by atoms with van der Waals surface area (Å²) in [4.78, 5) is 24.9. The molecule has 0 bridgehead atoms. The van der Waals surface area contributed by atoms with Gasteiger partial charge in [-0.25, -0.2) is 9.59 Å². The molecule has 0 radical (unpaired) electrons. The lowest BCUT2D eigenvalue weighted by Gasteiger charge is -2.17. The summed E-state index contributed by atoms with van der Waals surface area (Å²) < 4.78 is 37.6. The molecule has 0 saturated carbocycles. The molecule has 2 amide bonds. The van der Waals surface area contributed by atoms with Crippen LogP contribution in [0.4, 0.5) is 23.7 Å². The number of nitrogens with zero attached hydrogens (tertiary/aromatic N) is 1. The lowest BCUT2D eigenvalue weighted by Crippen LogP contribution is -2.30. The summed E-state index contributed by atoms with van der Waals surface area (Å²) in [5.74, 6) is -1.07. The quantitative estimate of drug-likeness (QED) is 0.862. The van der Waals surface area contributed by atoms with Gasteiger partial charge in [-0.1, -0.05) is 12.1 Å². The zero-order chi connectivity index (χ0) is 18.2. The van der Waals surface area contributed by atoms with Crippen LogP contribution in [0.1, 0.15) is 27.0 Å². The average Bonchev–Trinajstić information content (AvgIpc) is 2.98. The van der Waals surface area contributed by atoms with E-state index in [-0.39, 0.29) is 24.3 Å². The van der Waals surface area contributed by atoms with E-state index in [0.717, 1.165) is 17.7 Å². The maximum atomic E-state index is 12.5. The molecule has 1 aliphatic heterocycles. The van der Waals surface area contributed by atoms with Gasteiger partial charge in [-0.3, -0.25) is 0 Å². The summed E-state index contributed by atoms with van der Waals surface area (Å²) in [6.45, 7) is 0.368. The largest absolute Gasteiger partial charge is 0.478 e. The standard InChI is InChI=1S/C17H13F3N2O3/c18-17(19,20)11-4-6-12(7-5-11)21-16(25)22-8-10-2-1-3-13(15(23)24)14(10)9-22/h1-7H,8-9H2,(H,21,25)(H,23,24). The average molecular weight is 350 g/mol. The van der Waals surface area contributed by atoms with Crippen molar-refractivity contribution in [2.75, 3.05) is 5.32 Å². The topological polar surface area (TPSA) is 69.6 Å². The molecule has 0 spiro atoms. The van der Waals surface area contributed by atoms with E-state index in [0.29, 0.717) is 5.56 Å². The molecule has 2 aromatic carbocycles. The van der Waals surface area contributed by atoms with Gasteiger partial charge in [0.25, 0.3) is 0 Å². The maximum Gasteiger partial charge on any atom is 0.416 e. The number of amides is 2. The van der Waals surface area contributed by atoms with Crippen molar-refractivity contribution in [2.24, 2.45) is 0 Å². The van der Waals surface area contributed by atoms with Crippen LogP contribution in [0.3, 0.4) is 0 Å². The van der Waals surface area contributed by atoms with Gasteiger partial charge in [0.1, 0.15) is 0 Å². The van der Waals surface area contributed by atoms with Gasteiger partial charge in [-0.2, -0.15) is 13.2 Å². The second-order valence-corrected chi connectivity index (χ2v) is 5.61. The van der Waals surface area contributed by atoms with Gasteiger partial charge in [0.15, 0.2) is 0 Å². The Hall–Kier alpha value is -3.03. The van der Waals surface area contributed by atoms with E-state index in [1.807, 2.05) is 0 Å². The van der Waals surface area contributed by atoms with Crippen molar-refractivity contribution < 1.29 is 27.9 Å². The van der Waals surface area contributed by atoms with E-state index in [2.05, 4.69) is 5.32 Å². The second-order valence-electron chi connectivity index (χ2n) is 5.61. The number of carbonyl (C=O) groups excluding carboxylic acids is 1. The van der Waals surface area contributed by atoms with E-state index < -0.39 is 23.7 Å². The molecule has 25 heavy (non-hydrogen) atoms. The number of halogens is 3. The number of benzene rings is 2. The fourth-order valence-electron chi connectivity index (χ4n) is 2.71. The molecule has 1 heterocycles. The van der Waals surface area contributed by atoms with Crippen LogP contribution in [-0.2, 0) is 19.3 Å². The van der Waals surface area contributed by atoms with E-state index in [9.17, 15) is 27.9 Å². The number of nitrogens with one attached hydrogen (secondary N) is 1. The Kier molecular flexibility index (Phi) is 4.12. The Morgan fingerprint density at radius 2 is 1.72 bits per heavy atom. The number of hydrogen-bond acceptors (Lipinski definition) is 2. The van der Waals surface area contributed by atoms with Crippen LogP contribution < -0.4 is 5.32 Å². The molecular weight excluding hydrogens is 337 g/mol.